The van der Waals surface area contributed by atoms with E-state index in [4.69, 9.17) is 27.3 Å². The summed E-state index contributed by atoms with van der Waals surface area (Å²) in [6.45, 7) is 0.624. The Morgan fingerprint density at radius 1 is 1.65 bits per heavy atom. The van der Waals surface area contributed by atoms with Crippen LogP contribution in [-0.4, -0.2) is 30.6 Å². The predicted molar refractivity (Wildman–Crippen MR) is 62.5 cm³/mol. The van der Waals surface area contributed by atoms with Crippen LogP contribution in [0, 0.1) is 11.3 Å². The van der Waals surface area contributed by atoms with Crippen molar-refractivity contribution in [2.75, 3.05) is 25.1 Å². The van der Waals surface area contributed by atoms with Gasteiger partial charge in [0, 0.05) is 6.54 Å². The Labute approximate surface area is 103 Å². The van der Waals surface area contributed by atoms with Crippen LogP contribution in [0.3, 0.4) is 0 Å². The summed E-state index contributed by atoms with van der Waals surface area (Å²) in [4.78, 5) is 14.3. The Balaban J connectivity index is 2.39. The smallest absolute Gasteiger partial charge is 0.243 e. The normalized spacial score (nSPS) is 9.65. The summed E-state index contributed by atoms with van der Waals surface area (Å²) in [5.74, 6) is -0.0330. The van der Waals surface area contributed by atoms with Crippen LogP contribution in [0.4, 0.5) is 5.82 Å². The lowest BCUT2D eigenvalue weighted by Crippen LogP contribution is -2.20. The molecule has 90 valence electrons. The van der Waals surface area contributed by atoms with Gasteiger partial charge in [-0.25, -0.2) is 4.98 Å². The lowest BCUT2D eigenvalue weighted by atomic mass is 10.3. The molecule has 7 heteroatoms. The molecule has 0 saturated carbocycles. The highest BCUT2D eigenvalue weighted by Gasteiger charge is 2.00. The summed E-state index contributed by atoms with van der Waals surface area (Å²) in [5, 5.41) is 11.9. The number of halogens is 1. The van der Waals surface area contributed by atoms with Gasteiger partial charge in [-0.2, -0.15) is 5.26 Å². The lowest BCUT2D eigenvalue weighted by Gasteiger charge is -2.06. The number of nitrogens with one attached hydrogen (secondary N) is 1. The van der Waals surface area contributed by atoms with E-state index in [1.807, 2.05) is 6.07 Å². The summed E-state index contributed by atoms with van der Waals surface area (Å²) < 4.78 is 4.94. The maximum atomic E-state index is 10.4. The lowest BCUT2D eigenvalue weighted by molar-refractivity contribution is -0.122. The van der Waals surface area contributed by atoms with Crippen molar-refractivity contribution in [3.63, 3.8) is 0 Å². The number of anilines is 1. The quantitative estimate of drug-likeness (QED) is 0.569. The van der Waals surface area contributed by atoms with E-state index < -0.39 is 5.91 Å². The third-order valence-corrected chi connectivity index (χ3v) is 1.91. The minimum absolute atomic E-state index is 0.117. The number of nitrogens with two attached hydrogens (primary N) is 1. The molecule has 6 nitrogen and oxygen atoms in total. The molecule has 17 heavy (non-hydrogen) atoms. The Morgan fingerprint density at radius 2 is 2.41 bits per heavy atom. The molecule has 0 fully saturated rings. The molecule has 1 amide bonds. The number of ether oxygens (including phenoxy) is 1. The predicted octanol–water partition coefficient (Wildman–Crippen LogP) is 0.520. The van der Waals surface area contributed by atoms with Crippen molar-refractivity contribution >= 4 is 23.3 Å². The van der Waals surface area contributed by atoms with E-state index in [0.717, 1.165) is 0 Å². The third kappa shape index (κ3) is 5.15. The van der Waals surface area contributed by atoms with Crippen molar-refractivity contribution < 1.29 is 9.53 Å². The summed E-state index contributed by atoms with van der Waals surface area (Å²) in [6, 6.07) is 5.01. The Hall–Kier alpha value is -1.84. The number of amides is 1. The number of hydrogen-bond donors (Lipinski definition) is 2. The van der Waals surface area contributed by atoms with Crippen molar-refractivity contribution in [2.24, 2.45) is 5.73 Å². The second-order valence-electron chi connectivity index (χ2n) is 3.12. The van der Waals surface area contributed by atoms with E-state index in [1.54, 1.807) is 6.07 Å². The van der Waals surface area contributed by atoms with Gasteiger partial charge in [0.2, 0.25) is 5.91 Å². The van der Waals surface area contributed by atoms with Crippen LogP contribution < -0.4 is 11.1 Å². The number of rotatable bonds is 6. The highest BCUT2D eigenvalue weighted by atomic mass is 35.5. The molecule has 0 radical (unpaired) electrons. The van der Waals surface area contributed by atoms with Crippen molar-refractivity contribution in [3.8, 4) is 6.07 Å². The Morgan fingerprint density at radius 3 is 3.06 bits per heavy atom. The molecule has 1 heterocycles. The molecule has 3 N–H and O–H groups in total. The van der Waals surface area contributed by atoms with Gasteiger partial charge in [0.05, 0.1) is 18.2 Å². The van der Waals surface area contributed by atoms with Crippen molar-refractivity contribution in [3.05, 3.63) is 22.8 Å². The number of pyridine rings is 1. The number of hydrogen-bond acceptors (Lipinski definition) is 5. The fraction of sp³-hybridized carbons (Fsp3) is 0.300. The number of primary amides is 1. The number of carbonyl (C=O) groups is 1. The van der Waals surface area contributed by atoms with E-state index in [-0.39, 0.29) is 11.8 Å². The topological polar surface area (TPSA) is 101 Å². The molecule has 0 aliphatic rings. The van der Waals surface area contributed by atoms with Crippen molar-refractivity contribution in [1.82, 2.24) is 4.98 Å². The zero-order valence-corrected chi connectivity index (χ0v) is 9.70. The van der Waals surface area contributed by atoms with Crippen molar-refractivity contribution in [2.45, 2.75) is 0 Å². The zero-order chi connectivity index (χ0) is 12.7. The van der Waals surface area contributed by atoms with Gasteiger partial charge in [0.25, 0.3) is 0 Å². The van der Waals surface area contributed by atoms with Crippen LogP contribution in [0.5, 0.6) is 0 Å². The van der Waals surface area contributed by atoms with Crippen molar-refractivity contribution in [1.29, 1.82) is 5.26 Å². The zero-order valence-electron chi connectivity index (χ0n) is 8.94. The van der Waals surface area contributed by atoms with Crippen LogP contribution in [-0.2, 0) is 9.53 Å². The number of carbonyl (C=O) groups excluding carboxylic acids is 1. The first-order valence-electron chi connectivity index (χ1n) is 4.79. The number of nitrogens with zero attached hydrogens (tertiary/aromatic N) is 2. The van der Waals surface area contributed by atoms with Crippen LogP contribution in [0.25, 0.3) is 0 Å². The summed E-state index contributed by atoms with van der Waals surface area (Å²) in [5.41, 5.74) is 5.32. The van der Waals surface area contributed by atoms with Gasteiger partial charge < -0.3 is 15.8 Å². The molecule has 0 unspecified atom stereocenters. The minimum atomic E-state index is -0.516. The van der Waals surface area contributed by atoms with Gasteiger partial charge in [-0.15, -0.1) is 0 Å². The highest BCUT2D eigenvalue weighted by molar-refractivity contribution is 6.29. The molecular weight excluding hydrogens is 244 g/mol. The molecule has 0 aromatic carbocycles. The molecule has 0 bridgehead atoms. The molecular formula is C10H11ClN4O2. The number of nitriles is 1. The summed E-state index contributed by atoms with van der Waals surface area (Å²) in [6.07, 6.45) is 0. The van der Waals surface area contributed by atoms with E-state index in [0.29, 0.717) is 24.5 Å². The molecule has 0 atom stereocenters. The second-order valence-corrected chi connectivity index (χ2v) is 3.51. The Kier molecular flexibility index (Phi) is 5.20. The van der Waals surface area contributed by atoms with Crippen LogP contribution >= 0.6 is 11.6 Å². The van der Waals surface area contributed by atoms with E-state index in [1.165, 1.54) is 6.07 Å². The fourth-order valence-corrected chi connectivity index (χ4v) is 1.28. The average molecular weight is 255 g/mol. The first kappa shape index (κ1) is 13.2. The van der Waals surface area contributed by atoms with E-state index in [9.17, 15) is 4.79 Å². The first-order chi connectivity index (χ1) is 8.11. The average Bonchev–Trinajstić information content (AvgIpc) is 2.27. The SMILES string of the molecule is N#Cc1cc(Cl)nc(NCCOCC(N)=O)c1. The number of aromatic nitrogens is 1. The molecule has 1 rings (SSSR count). The van der Waals surface area contributed by atoms with Gasteiger partial charge >= 0.3 is 0 Å². The maximum absolute atomic E-state index is 10.4. The molecule has 0 aliphatic carbocycles. The molecule has 0 aliphatic heterocycles. The third-order valence-electron chi connectivity index (χ3n) is 1.72. The Bertz CT molecular complexity index is 444. The standard InChI is InChI=1S/C10H11ClN4O2/c11-8-3-7(5-12)4-10(15-8)14-1-2-17-6-9(13)16/h3-4H,1-2,6H2,(H2,13,16)(H,14,15). The van der Waals surface area contributed by atoms with Crippen LogP contribution in [0.15, 0.2) is 12.1 Å². The fourth-order valence-electron chi connectivity index (χ4n) is 1.08. The van der Waals surface area contributed by atoms with Gasteiger partial charge in [-0.1, -0.05) is 11.6 Å². The van der Waals surface area contributed by atoms with Gasteiger partial charge in [0.1, 0.15) is 17.6 Å². The molecule has 1 aromatic rings. The van der Waals surface area contributed by atoms with Gasteiger partial charge in [-0.05, 0) is 12.1 Å². The first-order valence-corrected chi connectivity index (χ1v) is 5.17. The summed E-state index contributed by atoms with van der Waals surface area (Å²) >= 11 is 5.72. The van der Waals surface area contributed by atoms with Gasteiger partial charge in [-0.3, -0.25) is 4.79 Å². The van der Waals surface area contributed by atoms with E-state index in [2.05, 4.69) is 10.3 Å². The monoisotopic (exact) mass is 254 g/mol. The molecule has 1 aromatic heterocycles. The largest absolute Gasteiger partial charge is 0.370 e. The summed E-state index contributed by atoms with van der Waals surface area (Å²) in [7, 11) is 0. The maximum Gasteiger partial charge on any atom is 0.243 e. The van der Waals surface area contributed by atoms with Crippen LogP contribution in [0.1, 0.15) is 5.56 Å². The van der Waals surface area contributed by atoms with Crippen LogP contribution in [0.2, 0.25) is 5.15 Å². The second kappa shape index (κ2) is 6.68. The molecule has 0 spiro atoms. The minimum Gasteiger partial charge on any atom is -0.370 e. The molecule has 0 saturated heterocycles. The van der Waals surface area contributed by atoms with Gasteiger partial charge in [0.15, 0.2) is 0 Å². The van der Waals surface area contributed by atoms with E-state index >= 15 is 0 Å². The highest BCUT2D eigenvalue weighted by Crippen LogP contribution is 2.13.